The van der Waals surface area contributed by atoms with Crippen LogP contribution in [0.25, 0.3) is 11.3 Å². The molecule has 6 nitrogen and oxygen atoms in total. The van der Waals surface area contributed by atoms with Gasteiger partial charge in [-0.25, -0.2) is 4.98 Å². The third-order valence-electron chi connectivity index (χ3n) is 3.83. The molecule has 2 heterocycles. The van der Waals surface area contributed by atoms with Crippen LogP contribution in [-0.2, 0) is 6.42 Å². The molecule has 22 heavy (non-hydrogen) atoms. The summed E-state index contributed by atoms with van der Waals surface area (Å²) in [7, 11) is 3.25. The Morgan fingerprint density at radius 2 is 2.00 bits per heavy atom. The topological polar surface area (TPSA) is 82.3 Å². The molecule has 0 amide bonds. The predicted octanol–water partition coefficient (Wildman–Crippen LogP) is 2.49. The molecule has 1 aliphatic heterocycles. The molecular weight excluding hydrogens is 280 g/mol. The van der Waals surface area contributed by atoms with Gasteiger partial charge >= 0.3 is 0 Å². The van der Waals surface area contributed by atoms with E-state index in [0.717, 1.165) is 48.4 Å². The number of nitrogens with one attached hydrogen (secondary N) is 1. The Bertz CT molecular complexity index is 688. The van der Waals surface area contributed by atoms with Gasteiger partial charge in [-0.05, 0) is 31.4 Å². The maximum absolute atomic E-state index is 5.90. The highest BCUT2D eigenvalue weighted by atomic mass is 16.5. The van der Waals surface area contributed by atoms with Crippen LogP contribution in [0.3, 0.4) is 0 Å². The van der Waals surface area contributed by atoms with Gasteiger partial charge in [0.05, 0.1) is 19.9 Å². The number of aromatic nitrogens is 2. The van der Waals surface area contributed by atoms with Gasteiger partial charge in [-0.2, -0.15) is 4.98 Å². The summed E-state index contributed by atoms with van der Waals surface area (Å²) in [5.74, 6) is 2.42. The van der Waals surface area contributed by atoms with Crippen molar-refractivity contribution in [2.45, 2.75) is 19.3 Å². The van der Waals surface area contributed by atoms with Gasteiger partial charge in [0, 0.05) is 17.7 Å². The second-order valence-electron chi connectivity index (χ2n) is 5.18. The molecule has 0 saturated heterocycles. The number of hydrogen-bond donors (Lipinski definition) is 2. The third-order valence-corrected chi connectivity index (χ3v) is 3.83. The highest BCUT2D eigenvalue weighted by Gasteiger charge is 2.21. The van der Waals surface area contributed by atoms with E-state index in [1.807, 2.05) is 18.2 Å². The summed E-state index contributed by atoms with van der Waals surface area (Å²) in [5, 5.41) is 3.34. The molecule has 2 aromatic rings. The fraction of sp³-hybridized carbons (Fsp3) is 0.375. The number of rotatable bonds is 3. The van der Waals surface area contributed by atoms with Crippen molar-refractivity contribution in [2.75, 3.05) is 31.8 Å². The van der Waals surface area contributed by atoms with E-state index < -0.39 is 0 Å². The molecular formula is C16H20N4O2. The lowest BCUT2D eigenvalue weighted by atomic mass is 10.0. The summed E-state index contributed by atoms with van der Waals surface area (Å²) in [4.78, 5) is 8.81. The summed E-state index contributed by atoms with van der Waals surface area (Å²) < 4.78 is 10.9. The van der Waals surface area contributed by atoms with E-state index in [9.17, 15) is 0 Å². The van der Waals surface area contributed by atoms with E-state index in [-0.39, 0.29) is 5.95 Å². The Labute approximate surface area is 129 Å². The van der Waals surface area contributed by atoms with E-state index >= 15 is 0 Å². The van der Waals surface area contributed by atoms with Crippen LogP contribution in [-0.4, -0.2) is 30.7 Å². The number of hydrogen-bond acceptors (Lipinski definition) is 6. The van der Waals surface area contributed by atoms with Gasteiger partial charge in [0.15, 0.2) is 11.5 Å². The molecule has 1 aromatic heterocycles. The van der Waals surface area contributed by atoms with Crippen LogP contribution in [0.15, 0.2) is 18.2 Å². The van der Waals surface area contributed by atoms with Gasteiger partial charge in [0.25, 0.3) is 0 Å². The average molecular weight is 300 g/mol. The molecule has 0 saturated carbocycles. The highest BCUT2D eigenvalue weighted by Crippen LogP contribution is 2.40. The number of nitrogens with two attached hydrogens (primary N) is 1. The molecule has 0 aliphatic carbocycles. The van der Waals surface area contributed by atoms with E-state index in [2.05, 4.69) is 15.3 Å². The summed E-state index contributed by atoms with van der Waals surface area (Å²) in [6.45, 7) is 0.901. The number of ether oxygens (including phenoxy) is 2. The average Bonchev–Trinajstić information content (AvgIpc) is 2.78. The van der Waals surface area contributed by atoms with Crippen molar-refractivity contribution in [3.8, 4) is 22.8 Å². The molecule has 6 heteroatoms. The zero-order valence-electron chi connectivity index (χ0n) is 12.8. The van der Waals surface area contributed by atoms with E-state index in [1.165, 1.54) is 0 Å². The zero-order valence-corrected chi connectivity index (χ0v) is 12.8. The normalized spacial score (nSPS) is 13.7. The molecule has 0 unspecified atom stereocenters. The first-order chi connectivity index (χ1) is 10.7. The summed E-state index contributed by atoms with van der Waals surface area (Å²) >= 11 is 0. The lowest BCUT2D eigenvalue weighted by molar-refractivity contribution is 0.356. The minimum atomic E-state index is 0.257. The Kier molecular flexibility index (Phi) is 4.00. The number of methoxy groups -OCH3 is 2. The zero-order chi connectivity index (χ0) is 15.5. The first kappa shape index (κ1) is 14.4. The van der Waals surface area contributed by atoms with Crippen molar-refractivity contribution in [3.05, 3.63) is 23.8 Å². The number of fused-ring (bicyclic) bond motifs is 1. The van der Waals surface area contributed by atoms with Crippen molar-refractivity contribution in [1.82, 2.24) is 9.97 Å². The van der Waals surface area contributed by atoms with Gasteiger partial charge in [-0.1, -0.05) is 6.07 Å². The van der Waals surface area contributed by atoms with Crippen LogP contribution >= 0.6 is 0 Å². The molecule has 1 aromatic carbocycles. The lowest BCUT2D eigenvalue weighted by Gasteiger charge is -2.16. The van der Waals surface area contributed by atoms with Gasteiger partial charge in [-0.3, -0.25) is 0 Å². The summed E-state index contributed by atoms with van der Waals surface area (Å²) in [5.41, 5.74) is 8.66. The monoisotopic (exact) mass is 300 g/mol. The van der Waals surface area contributed by atoms with E-state index in [1.54, 1.807) is 14.2 Å². The van der Waals surface area contributed by atoms with Crippen LogP contribution in [0, 0.1) is 0 Å². The fourth-order valence-electron chi connectivity index (χ4n) is 2.81. The highest BCUT2D eigenvalue weighted by molar-refractivity contribution is 5.77. The number of anilines is 2. The molecule has 0 fully saturated rings. The quantitative estimate of drug-likeness (QED) is 0.906. The smallest absolute Gasteiger partial charge is 0.222 e. The predicted molar refractivity (Wildman–Crippen MR) is 86.4 cm³/mol. The molecule has 1 aliphatic rings. The SMILES string of the molecule is COc1cccc(-c2nc(N)nc3c2CCCCN3)c1OC. The summed E-state index contributed by atoms with van der Waals surface area (Å²) in [6.07, 6.45) is 3.11. The van der Waals surface area contributed by atoms with Crippen LogP contribution in [0.5, 0.6) is 11.5 Å². The number of benzene rings is 1. The van der Waals surface area contributed by atoms with Gasteiger partial charge in [-0.15, -0.1) is 0 Å². The first-order valence-corrected chi connectivity index (χ1v) is 7.36. The molecule has 0 atom stereocenters. The third kappa shape index (κ3) is 2.52. The second kappa shape index (κ2) is 6.09. The first-order valence-electron chi connectivity index (χ1n) is 7.36. The minimum Gasteiger partial charge on any atom is -0.493 e. The lowest BCUT2D eigenvalue weighted by Crippen LogP contribution is -2.08. The number of nitrogens with zero attached hydrogens (tertiary/aromatic N) is 2. The molecule has 3 N–H and O–H groups in total. The molecule has 0 bridgehead atoms. The Hall–Kier alpha value is -2.50. The molecule has 3 rings (SSSR count). The number of para-hydroxylation sites is 1. The number of nitrogen functional groups attached to an aromatic ring is 1. The molecule has 116 valence electrons. The minimum absolute atomic E-state index is 0.257. The van der Waals surface area contributed by atoms with Gasteiger partial charge in [0.1, 0.15) is 5.82 Å². The second-order valence-corrected chi connectivity index (χ2v) is 5.18. The van der Waals surface area contributed by atoms with Crippen molar-refractivity contribution < 1.29 is 9.47 Å². The molecule has 0 radical (unpaired) electrons. The Morgan fingerprint density at radius 1 is 1.14 bits per heavy atom. The maximum atomic E-state index is 5.90. The van der Waals surface area contributed by atoms with Crippen molar-refractivity contribution in [3.63, 3.8) is 0 Å². The Morgan fingerprint density at radius 3 is 2.77 bits per heavy atom. The largest absolute Gasteiger partial charge is 0.493 e. The van der Waals surface area contributed by atoms with Crippen molar-refractivity contribution in [2.24, 2.45) is 0 Å². The van der Waals surface area contributed by atoms with E-state index in [0.29, 0.717) is 11.5 Å². The molecule has 0 spiro atoms. The maximum Gasteiger partial charge on any atom is 0.222 e. The van der Waals surface area contributed by atoms with Crippen LogP contribution in [0.2, 0.25) is 0 Å². The fourth-order valence-corrected chi connectivity index (χ4v) is 2.81. The van der Waals surface area contributed by atoms with Gasteiger partial charge < -0.3 is 20.5 Å². The van der Waals surface area contributed by atoms with E-state index in [4.69, 9.17) is 15.2 Å². The van der Waals surface area contributed by atoms with Crippen LogP contribution in [0.1, 0.15) is 18.4 Å². The van der Waals surface area contributed by atoms with Crippen molar-refractivity contribution >= 4 is 11.8 Å². The van der Waals surface area contributed by atoms with Crippen molar-refractivity contribution in [1.29, 1.82) is 0 Å². The van der Waals surface area contributed by atoms with Gasteiger partial charge in [0.2, 0.25) is 5.95 Å². The standard InChI is InChI=1S/C16H20N4O2/c1-21-12-8-5-7-10(14(12)22-2)13-11-6-3-4-9-18-15(11)20-16(17)19-13/h5,7-8H,3-4,6,9H2,1-2H3,(H3,17,18,19,20). The Balaban J connectivity index is 2.22. The van der Waals surface area contributed by atoms with Crippen LogP contribution in [0.4, 0.5) is 11.8 Å². The summed E-state index contributed by atoms with van der Waals surface area (Å²) in [6, 6.07) is 5.75. The van der Waals surface area contributed by atoms with Crippen LogP contribution < -0.4 is 20.5 Å².